The zero-order valence-electron chi connectivity index (χ0n) is 19.0. The molecule has 0 aliphatic heterocycles. The van der Waals surface area contributed by atoms with Gasteiger partial charge in [0.05, 0.1) is 5.69 Å². The van der Waals surface area contributed by atoms with Crippen molar-refractivity contribution in [1.29, 1.82) is 0 Å². The third kappa shape index (κ3) is 5.40. The second-order valence-electron chi connectivity index (χ2n) is 8.92. The fraction of sp³-hybridized carbons (Fsp3) is 0.680. The number of aryl methyl sites for hydroxylation is 1. The Labute approximate surface area is 176 Å². The van der Waals surface area contributed by atoms with E-state index >= 15 is 0 Å². The predicted molar refractivity (Wildman–Crippen MR) is 120 cm³/mol. The van der Waals surface area contributed by atoms with Gasteiger partial charge in [-0.2, -0.15) is 0 Å². The molecule has 29 heavy (non-hydrogen) atoms. The van der Waals surface area contributed by atoms with Crippen molar-refractivity contribution in [3.05, 3.63) is 33.5 Å². The standard InChI is InChI=1S/C25H38N4/c1-18-19(2)21(4)24-22(20(18)3)16-14-12-10-8-6-5-7-9-11-13-15-17-23-25(24)27-29-28-26-23/h5-17H2,1-4H3. The molecule has 1 heterocycles. The minimum atomic E-state index is 0.947. The largest absolute Gasteiger partial charge is 0.131 e. The topological polar surface area (TPSA) is 51.6 Å². The van der Waals surface area contributed by atoms with Crippen LogP contribution in [-0.2, 0) is 12.8 Å². The number of nitrogens with zero attached hydrogens (tertiary/aromatic N) is 4. The van der Waals surface area contributed by atoms with Gasteiger partial charge in [0, 0.05) is 5.56 Å². The summed E-state index contributed by atoms with van der Waals surface area (Å²) in [4.78, 5) is 0. The van der Waals surface area contributed by atoms with Gasteiger partial charge in [0.2, 0.25) is 0 Å². The van der Waals surface area contributed by atoms with E-state index in [1.807, 2.05) is 0 Å². The lowest BCUT2D eigenvalue weighted by molar-refractivity contribution is 0.544. The van der Waals surface area contributed by atoms with Gasteiger partial charge in [0.15, 0.2) is 0 Å². The molecule has 1 aliphatic carbocycles. The molecule has 0 saturated carbocycles. The maximum absolute atomic E-state index is 4.53. The fourth-order valence-corrected chi connectivity index (χ4v) is 4.81. The number of fused-ring (bicyclic) bond motifs is 3. The number of hydrogen-bond acceptors (Lipinski definition) is 4. The molecule has 1 aromatic heterocycles. The van der Waals surface area contributed by atoms with E-state index in [-0.39, 0.29) is 0 Å². The summed E-state index contributed by atoms with van der Waals surface area (Å²) in [5.74, 6) is 0. The van der Waals surface area contributed by atoms with E-state index in [0.717, 1.165) is 30.7 Å². The first-order valence-electron chi connectivity index (χ1n) is 11.8. The molecule has 0 N–H and O–H groups in total. The minimum Gasteiger partial charge on any atom is -0.131 e. The van der Waals surface area contributed by atoms with Crippen LogP contribution in [0.5, 0.6) is 0 Å². The number of aromatic nitrogens is 4. The van der Waals surface area contributed by atoms with Gasteiger partial charge in [-0.25, -0.2) is 0 Å². The summed E-state index contributed by atoms with van der Waals surface area (Å²) in [5.41, 5.74) is 10.3. The minimum absolute atomic E-state index is 0.947. The van der Waals surface area contributed by atoms with E-state index in [1.54, 1.807) is 0 Å². The van der Waals surface area contributed by atoms with E-state index in [4.69, 9.17) is 0 Å². The van der Waals surface area contributed by atoms with Crippen LogP contribution in [0.1, 0.15) is 104 Å². The molecule has 2 aromatic rings. The smallest absolute Gasteiger partial charge is 0.119 e. The lowest BCUT2D eigenvalue weighted by atomic mass is 9.84. The van der Waals surface area contributed by atoms with Crippen molar-refractivity contribution in [3.8, 4) is 11.3 Å². The Bertz CT molecular complexity index is 813. The molecule has 4 nitrogen and oxygen atoms in total. The molecule has 0 saturated heterocycles. The van der Waals surface area contributed by atoms with Crippen molar-refractivity contribution < 1.29 is 0 Å². The summed E-state index contributed by atoms with van der Waals surface area (Å²) < 4.78 is 0. The first-order chi connectivity index (χ1) is 14.1. The predicted octanol–water partition coefficient (Wildman–Crippen LogP) is 6.56. The van der Waals surface area contributed by atoms with Gasteiger partial charge in [0.1, 0.15) is 5.69 Å². The number of rotatable bonds is 0. The van der Waals surface area contributed by atoms with Crippen molar-refractivity contribution in [1.82, 2.24) is 20.6 Å². The Kier molecular flexibility index (Phi) is 8.14. The maximum Gasteiger partial charge on any atom is 0.119 e. The Morgan fingerprint density at radius 1 is 0.483 bits per heavy atom. The molecule has 0 bridgehead atoms. The van der Waals surface area contributed by atoms with Crippen molar-refractivity contribution >= 4 is 0 Å². The van der Waals surface area contributed by atoms with E-state index in [0.29, 0.717) is 0 Å². The molecular weight excluding hydrogens is 356 g/mol. The lowest BCUT2D eigenvalue weighted by Gasteiger charge is -2.21. The lowest BCUT2D eigenvalue weighted by Crippen LogP contribution is -2.09. The molecule has 0 radical (unpaired) electrons. The zero-order chi connectivity index (χ0) is 20.6. The van der Waals surface area contributed by atoms with Crippen molar-refractivity contribution in [2.24, 2.45) is 0 Å². The van der Waals surface area contributed by atoms with Gasteiger partial charge in [-0.3, -0.25) is 0 Å². The average Bonchev–Trinajstić information content (AvgIpc) is 2.73. The summed E-state index contributed by atoms with van der Waals surface area (Å²) in [6.07, 6.45) is 16.7. The summed E-state index contributed by atoms with van der Waals surface area (Å²) >= 11 is 0. The summed E-state index contributed by atoms with van der Waals surface area (Å²) in [5, 5.41) is 16.8. The monoisotopic (exact) mass is 394 g/mol. The molecular formula is C25H38N4. The summed E-state index contributed by atoms with van der Waals surface area (Å²) in [6, 6.07) is 0. The van der Waals surface area contributed by atoms with Crippen LogP contribution < -0.4 is 0 Å². The van der Waals surface area contributed by atoms with Crippen LogP contribution in [0.25, 0.3) is 11.3 Å². The van der Waals surface area contributed by atoms with Gasteiger partial charge >= 0.3 is 0 Å². The molecule has 3 rings (SSSR count). The highest BCUT2D eigenvalue weighted by molar-refractivity contribution is 5.73. The molecule has 0 spiro atoms. The summed E-state index contributed by atoms with van der Waals surface area (Å²) in [6.45, 7) is 9.03. The summed E-state index contributed by atoms with van der Waals surface area (Å²) in [7, 11) is 0. The average molecular weight is 395 g/mol. The first kappa shape index (κ1) is 21.9. The van der Waals surface area contributed by atoms with Gasteiger partial charge in [-0.05, 0) is 91.6 Å². The van der Waals surface area contributed by atoms with Crippen LogP contribution in [-0.4, -0.2) is 20.6 Å². The van der Waals surface area contributed by atoms with E-state index in [9.17, 15) is 0 Å². The normalized spacial score (nSPS) is 17.2. The second-order valence-corrected chi connectivity index (χ2v) is 8.92. The van der Waals surface area contributed by atoms with E-state index < -0.39 is 0 Å². The maximum atomic E-state index is 4.53. The molecule has 0 atom stereocenters. The number of hydrogen-bond donors (Lipinski definition) is 0. The van der Waals surface area contributed by atoms with Crippen LogP contribution >= 0.6 is 0 Å². The van der Waals surface area contributed by atoms with Crippen LogP contribution in [0, 0.1) is 27.7 Å². The van der Waals surface area contributed by atoms with Gasteiger partial charge < -0.3 is 0 Å². The SMILES string of the molecule is Cc1c(C)c(C)c2c(c1C)CCCCCCCCCCCCCc1nnnnc1-2. The van der Waals surface area contributed by atoms with E-state index in [2.05, 4.69) is 48.3 Å². The Morgan fingerprint density at radius 3 is 1.59 bits per heavy atom. The Hall–Kier alpha value is -1.84. The highest BCUT2D eigenvalue weighted by Gasteiger charge is 2.21. The van der Waals surface area contributed by atoms with Gasteiger partial charge in [-0.1, -0.05) is 57.8 Å². The van der Waals surface area contributed by atoms with Crippen LogP contribution in [0.2, 0.25) is 0 Å². The molecule has 4 heteroatoms. The van der Waals surface area contributed by atoms with E-state index in [1.165, 1.54) is 97.6 Å². The molecule has 0 unspecified atom stereocenters. The van der Waals surface area contributed by atoms with Crippen LogP contribution in [0.3, 0.4) is 0 Å². The number of benzene rings is 1. The van der Waals surface area contributed by atoms with Crippen molar-refractivity contribution in [2.75, 3.05) is 0 Å². The molecule has 0 amide bonds. The van der Waals surface area contributed by atoms with Crippen LogP contribution in [0.4, 0.5) is 0 Å². The quantitative estimate of drug-likeness (QED) is 0.508. The third-order valence-electron chi connectivity index (χ3n) is 7.02. The van der Waals surface area contributed by atoms with Gasteiger partial charge in [0.25, 0.3) is 0 Å². The molecule has 1 aliphatic rings. The Balaban J connectivity index is 2.00. The third-order valence-corrected chi connectivity index (χ3v) is 7.02. The first-order valence-corrected chi connectivity index (χ1v) is 11.8. The molecule has 158 valence electrons. The van der Waals surface area contributed by atoms with Crippen LogP contribution in [0.15, 0.2) is 0 Å². The van der Waals surface area contributed by atoms with Crippen molar-refractivity contribution in [3.63, 3.8) is 0 Å². The molecule has 1 aromatic carbocycles. The fourth-order valence-electron chi connectivity index (χ4n) is 4.81. The van der Waals surface area contributed by atoms with Crippen molar-refractivity contribution in [2.45, 2.75) is 111 Å². The zero-order valence-corrected chi connectivity index (χ0v) is 19.0. The molecule has 0 fully saturated rings. The highest BCUT2D eigenvalue weighted by Crippen LogP contribution is 2.36. The second kappa shape index (κ2) is 10.8. The Morgan fingerprint density at radius 2 is 0.966 bits per heavy atom. The van der Waals surface area contributed by atoms with Gasteiger partial charge in [-0.15, -0.1) is 10.2 Å². The highest BCUT2D eigenvalue weighted by atomic mass is 15.4.